The maximum atomic E-state index is 13.1. The largest absolute Gasteiger partial charge is 0.492 e. The Morgan fingerprint density at radius 3 is 1.94 bits per heavy atom. The minimum absolute atomic E-state index is 0.123. The molecule has 0 spiro atoms. The molecule has 0 aromatic heterocycles. The van der Waals surface area contributed by atoms with Gasteiger partial charge in [0.05, 0.1) is 31.1 Å². The predicted octanol–water partition coefficient (Wildman–Crippen LogP) is 5.34. The maximum Gasteiger partial charge on any atom is 0.255 e. The number of anilines is 2. The van der Waals surface area contributed by atoms with Crippen molar-refractivity contribution in [3.63, 3.8) is 0 Å². The summed E-state index contributed by atoms with van der Waals surface area (Å²) in [6.07, 6.45) is 2.21. The van der Waals surface area contributed by atoms with Gasteiger partial charge in [0.25, 0.3) is 5.91 Å². The Kier molecular flexibility index (Phi) is 8.57. The topological polar surface area (TPSA) is 79.9 Å². The van der Waals surface area contributed by atoms with Crippen LogP contribution >= 0.6 is 0 Å². The molecule has 0 aliphatic heterocycles. The van der Waals surface area contributed by atoms with Crippen molar-refractivity contribution in [3.05, 3.63) is 83.9 Å². The van der Waals surface area contributed by atoms with Crippen LogP contribution < -0.4 is 20.1 Å². The first-order valence-electron chi connectivity index (χ1n) is 12.4. The minimum atomic E-state index is -0.253. The zero-order chi connectivity index (χ0) is 25.3. The molecule has 1 aliphatic carbocycles. The van der Waals surface area contributed by atoms with Crippen molar-refractivity contribution in [1.82, 2.24) is 4.90 Å². The molecule has 1 saturated carbocycles. The van der Waals surface area contributed by atoms with Gasteiger partial charge < -0.3 is 20.1 Å². The third kappa shape index (κ3) is 6.86. The van der Waals surface area contributed by atoms with E-state index in [4.69, 9.17) is 9.47 Å². The van der Waals surface area contributed by atoms with Crippen LogP contribution in [0.5, 0.6) is 11.5 Å². The summed E-state index contributed by atoms with van der Waals surface area (Å²) in [7, 11) is 0. The van der Waals surface area contributed by atoms with E-state index in [2.05, 4.69) is 27.7 Å². The van der Waals surface area contributed by atoms with Crippen molar-refractivity contribution in [2.45, 2.75) is 39.3 Å². The molecule has 0 bridgehead atoms. The van der Waals surface area contributed by atoms with Crippen LogP contribution in [-0.4, -0.2) is 42.5 Å². The number of hydrogen-bond donors (Lipinski definition) is 2. The van der Waals surface area contributed by atoms with Crippen molar-refractivity contribution in [1.29, 1.82) is 0 Å². The zero-order valence-corrected chi connectivity index (χ0v) is 20.8. The van der Waals surface area contributed by atoms with Crippen LogP contribution in [0, 0.1) is 0 Å². The molecule has 0 unspecified atom stereocenters. The molecule has 0 radical (unpaired) electrons. The second kappa shape index (κ2) is 12.2. The van der Waals surface area contributed by atoms with E-state index < -0.39 is 0 Å². The number of nitrogens with one attached hydrogen (secondary N) is 2. The summed E-state index contributed by atoms with van der Waals surface area (Å²) in [6, 6.07) is 23.0. The smallest absolute Gasteiger partial charge is 0.255 e. The number of hydrogen-bond acceptors (Lipinski definition) is 5. The highest BCUT2D eigenvalue weighted by molar-refractivity contribution is 6.05. The Hall–Kier alpha value is -3.84. The van der Waals surface area contributed by atoms with E-state index in [0.29, 0.717) is 47.7 Å². The van der Waals surface area contributed by atoms with E-state index in [0.717, 1.165) is 19.4 Å². The standard InChI is InChI=1S/C29H33N3O4/c1-3-35-26-18-25(31-29(34)22-13-9-6-10-14-22)27(36-4-2)17-24(26)30-28(33)20-32(23-15-16-23)19-21-11-7-5-8-12-21/h5-14,17-18,23H,3-4,15-16,19-20H2,1-2H3,(H,30,33)(H,31,34). The van der Waals surface area contributed by atoms with Gasteiger partial charge >= 0.3 is 0 Å². The predicted molar refractivity (Wildman–Crippen MR) is 142 cm³/mol. The van der Waals surface area contributed by atoms with Gasteiger partial charge in [-0.15, -0.1) is 0 Å². The van der Waals surface area contributed by atoms with Crippen LogP contribution in [0.25, 0.3) is 0 Å². The van der Waals surface area contributed by atoms with Gasteiger partial charge in [0.2, 0.25) is 5.91 Å². The highest BCUT2D eigenvalue weighted by atomic mass is 16.5. The van der Waals surface area contributed by atoms with Crippen molar-refractivity contribution in [2.24, 2.45) is 0 Å². The van der Waals surface area contributed by atoms with Gasteiger partial charge in [0, 0.05) is 30.3 Å². The average molecular weight is 488 g/mol. The molecule has 7 nitrogen and oxygen atoms in total. The monoisotopic (exact) mass is 487 g/mol. The average Bonchev–Trinajstić information content (AvgIpc) is 3.73. The summed E-state index contributed by atoms with van der Waals surface area (Å²) >= 11 is 0. The van der Waals surface area contributed by atoms with Crippen molar-refractivity contribution in [3.8, 4) is 11.5 Å². The molecule has 1 fully saturated rings. The SMILES string of the molecule is CCOc1cc(NC(=O)c2ccccc2)c(OCC)cc1NC(=O)CN(Cc1ccccc1)C1CC1. The first kappa shape index (κ1) is 25.3. The second-order valence-corrected chi connectivity index (χ2v) is 8.70. The molecule has 1 aliphatic rings. The van der Waals surface area contributed by atoms with E-state index in [1.807, 2.05) is 50.2 Å². The summed E-state index contributed by atoms with van der Waals surface area (Å²) in [4.78, 5) is 28.1. The van der Waals surface area contributed by atoms with Crippen LogP contribution in [0.1, 0.15) is 42.6 Å². The Morgan fingerprint density at radius 2 is 1.39 bits per heavy atom. The molecular formula is C29H33N3O4. The maximum absolute atomic E-state index is 13.1. The molecule has 0 atom stereocenters. The fourth-order valence-electron chi connectivity index (χ4n) is 4.04. The molecule has 2 N–H and O–H groups in total. The van der Waals surface area contributed by atoms with Crippen LogP contribution in [0.3, 0.4) is 0 Å². The fraction of sp³-hybridized carbons (Fsp3) is 0.310. The normalized spacial score (nSPS) is 12.8. The Labute approximate surface area is 212 Å². The second-order valence-electron chi connectivity index (χ2n) is 8.70. The number of benzene rings is 3. The van der Waals surface area contributed by atoms with Crippen molar-refractivity contribution in [2.75, 3.05) is 30.4 Å². The third-order valence-electron chi connectivity index (χ3n) is 5.88. The number of carbonyl (C=O) groups is 2. The van der Waals surface area contributed by atoms with Crippen LogP contribution in [-0.2, 0) is 11.3 Å². The number of rotatable bonds is 12. The van der Waals surface area contributed by atoms with Gasteiger partial charge in [-0.2, -0.15) is 0 Å². The van der Waals surface area contributed by atoms with Gasteiger partial charge in [-0.05, 0) is 44.4 Å². The lowest BCUT2D eigenvalue weighted by Crippen LogP contribution is -2.34. The minimum Gasteiger partial charge on any atom is -0.492 e. The Balaban J connectivity index is 1.52. The van der Waals surface area contributed by atoms with E-state index in [1.165, 1.54) is 5.56 Å². The zero-order valence-electron chi connectivity index (χ0n) is 20.8. The molecule has 188 valence electrons. The fourth-order valence-corrected chi connectivity index (χ4v) is 4.04. The van der Waals surface area contributed by atoms with Gasteiger partial charge in [-0.3, -0.25) is 14.5 Å². The summed E-state index contributed by atoms with van der Waals surface area (Å²) < 4.78 is 11.6. The van der Waals surface area contributed by atoms with Gasteiger partial charge in [-0.1, -0.05) is 48.5 Å². The quantitative estimate of drug-likeness (QED) is 0.361. The number of ether oxygens (including phenoxy) is 2. The highest BCUT2D eigenvalue weighted by Crippen LogP contribution is 2.37. The van der Waals surface area contributed by atoms with Gasteiger partial charge in [0.15, 0.2) is 0 Å². The van der Waals surface area contributed by atoms with E-state index >= 15 is 0 Å². The molecule has 3 aromatic rings. The van der Waals surface area contributed by atoms with Crippen molar-refractivity contribution < 1.29 is 19.1 Å². The number of nitrogens with zero attached hydrogens (tertiary/aromatic N) is 1. The lowest BCUT2D eigenvalue weighted by Gasteiger charge is -2.22. The van der Waals surface area contributed by atoms with Crippen LogP contribution in [0.15, 0.2) is 72.8 Å². The molecule has 0 saturated heterocycles. The molecule has 3 aromatic carbocycles. The molecule has 0 heterocycles. The van der Waals surface area contributed by atoms with Gasteiger partial charge in [0.1, 0.15) is 11.5 Å². The summed E-state index contributed by atoms with van der Waals surface area (Å²) in [5, 5.41) is 5.92. The molecule has 2 amide bonds. The molecular weight excluding hydrogens is 454 g/mol. The summed E-state index contributed by atoms with van der Waals surface area (Å²) in [5.74, 6) is 0.557. The highest BCUT2D eigenvalue weighted by Gasteiger charge is 2.30. The van der Waals surface area contributed by atoms with Crippen LogP contribution in [0.2, 0.25) is 0 Å². The first-order valence-corrected chi connectivity index (χ1v) is 12.4. The molecule has 4 rings (SSSR count). The number of carbonyl (C=O) groups excluding carboxylic acids is 2. The van der Waals surface area contributed by atoms with Crippen LogP contribution in [0.4, 0.5) is 11.4 Å². The Bertz CT molecular complexity index is 1160. The third-order valence-corrected chi connectivity index (χ3v) is 5.88. The molecule has 36 heavy (non-hydrogen) atoms. The van der Waals surface area contributed by atoms with Gasteiger partial charge in [-0.25, -0.2) is 0 Å². The number of amides is 2. The lowest BCUT2D eigenvalue weighted by atomic mass is 10.2. The Morgan fingerprint density at radius 1 is 0.833 bits per heavy atom. The molecule has 7 heteroatoms. The summed E-state index contributed by atoms with van der Waals surface area (Å²) in [6.45, 7) is 5.56. The van der Waals surface area contributed by atoms with Crippen molar-refractivity contribution >= 4 is 23.2 Å². The van der Waals surface area contributed by atoms with E-state index in [9.17, 15) is 9.59 Å². The van der Waals surface area contributed by atoms with E-state index in [1.54, 1.807) is 24.3 Å². The first-order chi connectivity index (χ1) is 17.6. The summed E-state index contributed by atoms with van der Waals surface area (Å²) in [5.41, 5.74) is 2.72. The lowest BCUT2D eigenvalue weighted by molar-refractivity contribution is -0.117. The van der Waals surface area contributed by atoms with E-state index in [-0.39, 0.29) is 18.4 Å².